The number of aliphatic hydroxyl groups excluding tert-OH is 4. The summed E-state index contributed by atoms with van der Waals surface area (Å²) in [5.41, 5.74) is 0. The van der Waals surface area contributed by atoms with Crippen LogP contribution < -0.4 is 0 Å². The van der Waals surface area contributed by atoms with E-state index in [9.17, 15) is 20.4 Å². The normalized spacial score (nSPS) is 29.8. The molecule has 0 spiro atoms. The molecule has 0 saturated carbocycles. The Bertz CT molecular complexity index is 350. The van der Waals surface area contributed by atoms with Crippen LogP contribution in [0, 0.1) is 12.8 Å². The van der Waals surface area contributed by atoms with Crippen molar-refractivity contribution < 1.29 is 25.2 Å². The van der Waals surface area contributed by atoms with Crippen molar-refractivity contribution in [2.75, 3.05) is 6.61 Å². The molecule has 0 bridgehead atoms. The van der Waals surface area contributed by atoms with Crippen LogP contribution in [0.2, 0.25) is 0 Å². The Morgan fingerprint density at radius 3 is 1.89 bits per heavy atom. The average Bonchev–Trinajstić information content (AvgIpc) is 2.67. The molecule has 5 heteroatoms. The molecule has 0 aliphatic carbocycles. The Kier molecular flexibility index (Phi) is 13.6. The molecular weight excluding hydrogens is 344 g/mol. The predicted molar refractivity (Wildman–Crippen MR) is 108 cm³/mol. The monoisotopic (exact) mass is 387 g/mol. The molecule has 0 amide bonds. The second kappa shape index (κ2) is 14.7. The van der Waals surface area contributed by atoms with Crippen LogP contribution >= 0.6 is 0 Å². The second-order valence-corrected chi connectivity index (χ2v) is 8.17. The Morgan fingerprint density at radius 2 is 1.33 bits per heavy atom. The van der Waals surface area contributed by atoms with Gasteiger partial charge in [-0.1, -0.05) is 84.5 Å². The van der Waals surface area contributed by atoms with Gasteiger partial charge in [0.05, 0.1) is 12.7 Å². The first-order chi connectivity index (χ1) is 13.1. The third-order valence-corrected chi connectivity index (χ3v) is 5.90. The maximum absolute atomic E-state index is 10.4. The van der Waals surface area contributed by atoms with Crippen LogP contribution in [0.3, 0.4) is 0 Å². The van der Waals surface area contributed by atoms with Gasteiger partial charge in [-0.15, -0.1) is 0 Å². The molecule has 1 saturated heterocycles. The van der Waals surface area contributed by atoms with Gasteiger partial charge < -0.3 is 25.2 Å². The fraction of sp³-hybridized carbons (Fsp3) is 0.955. The zero-order valence-electron chi connectivity index (χ0n) is 17.3. The quantitative estimate of drug-likeness (QED) is 0.324. The van der Waals surface area contributed by atoms with Gasteiger partial charge in [0.2, 0.25) is 0 Å². The van der Waals surface area contributed by atoms with Crippen molar-refractivity contribution in [1.82, 2.24) is 0 Å². The Balaban J connectivity index is 2.49. The summed E-state index contributed by atoms with van der Waals surface area (Å²) in [5.74, 6) is 0.128. The fourth-order valence-electron chi connectivity index (χ4n) is 4.12. The third kappa shape index (κ3) is 8.78. The van der Waals surface area contributed by atoms with Crippen molar-refractivity contribution in [3.63, 3.8) is 0 Å². The Hall–Kier alpha value is -0.200. The molecule has 27 heavy (non-hydrogen) atoms. The van der Waals surface area contributed by atoms with Crippen LogP contribution in [0.25, 0.3) is 0 Å². The lowest BCUT2D eigenvalue weighted by Gasteiger charge is -2.43. The maximum Gasteiger partial charge on any atom is 0.111 e. The Morgan fingerprint density at radius 1 is 0.778 bits per heavy atom. The molecule has 2 unspecified atom stereocenters. The largest absolute Gasteiger partial charge is 0.394 e. The number of rotatable bonds is 15. The van der Waals surface area contributed by atoms with Gasteiger partial charge >= 0.3 is 0 Å². The number of ether oxygens (including phenoxy) is 1. The highest BCUT2D eigenvalue weighted by atomic mass is 16.5. The molecule has 0 aromatic heterocycles. The lowest BCUT2D eigenvalue weighted by molar-refractivity contribution is -0.242. The van der Waals surface area contributed by atoms with Crippen molar-refractivity contribution >= 4 is 0 Å². The van der Waals surface area contributed by atoms with Crippen LogP contribution in [-0.2, 0) is 4.74 Å². The van der Waals surface area contributed by atoms with Crippen LogP contribution in [-0.4, -0.2) is 57.6 Å². The standard InChI is InChI=1S/C22H43O5/c1-3-5-7-8-9-10-11-13-15-17(14-12-6-4-2)22-21(26)20(25)19(24)18(16-23)27-22/h17-26H,2-16H2,1H3/t17?,18-,19-,20+,21-,22?/m1/s1. The highest BCUT2D eigenvalue weighted by molar-refractivity contribution is 4.94. The molecule has 1 aliphatic rings. The maximum atomic E-state index is 10.4. The van der Waals surface area contributed by atoms with Gasteiger partial charge in [0, 0.05) is 0 Å². The minimum atomic E-state index is -1.27. The number of hydrogen-bond donors (Lipinski definition) is 4. The third-order valence-electron chi connectivity index (χ3n) is 5.90. The summed E-state index contributed by atoms with van der Waals surface area (Å²) in [5, 5.41) is 40.0. The van der Waals surface area contributed by atoms with Crippen molar-refractivity contribution in [1.29, 1.82) is 0 Å². The van der Waals surface area contributed by atoms with Gasteiger partial charge in [-0.2, -0.15) is 0 Å². The van der Waals surface area contributed by atoms with Crippen LogP contribution in [0.15, 0.2) is 0 Å². The van der Waals surface area contributed by atoms with E-state index in [0.29, 0.717) is 0 Å². The first-order valence-electron chi connectivity index (χ1n) is 11.2. The van der Waals surface area contributed by atoms with E-state index in [4.69, 9.17) is 4.74 Å². The van der Waals surface area contributed by atoms with E-state index in [2.05, 4.69) is 13.8 Å². The van der Waals surface area contributed by atoms with Crippen molar-refractivity contribution in [2.24, 2.45) is 5.92 Å². The summed E-state index contributed by atoms with van der Waals surface area (Å²) in [6.07, 6.45) is 9.82. The van der Waals surface area contributed by atoms with E-state index in [1.807, 2.05) is 0 Å². The van der Waals surface area contributed by atoms with Gasteiger partial charge in [-0.25, -0.2) is 0 Å². The Labute approximate surface area is 166 Å². The number of aliphatic hydroxyl groups is 4. The van der Waals surface area contributed by atoms with E-state index in [1.54, 1.807) is 0 Å². The van der Waals surface area contributed by atoms with Crippen molar-refractivity contribution in [3.05, 3.63) is 6.92 Å². The first-order valence-corrected chi connectivity index (χ1v) is 11.2. The van der Waals surface area contributed by atoms with Crippen LogP contribution in [0.4, 0.5) is 0 Å². The van der Waals surface area contributed by atoms with Gasteiger partial charge in [-0.05, 0) is 18.8 Å². The minimum Gasteiger partial charge on any atom is -0.394 e. The second-order valence-electron chi connectivity index (χ2n) is 8.17. The molecular formula is C22H43O5. The van der Waals surface area contributed by atoms with Crippen LogP contribution in [0.5, 0.6) is 0 Å². The van der Waals surface area contributed by atoms with E-state index in [-0.39, 0.29) is 12.5 Å². The minimum absolute atomic E-state index is 0.128. The predicted octanol–water partition coefficient (Wildman–Crippen LogP) is 3.37. The average molecular weight is 388 g/mol. The van der Waals surface area contributed by atoms with Gasteiger partial charge in [0.1, 0.15) is 24.4 Å². The molecule has 0 aromatic carbocycles. The summed E-state index contributed by atoms with van der Waals surface area (Å²) >= 11 is 0. The molecule has 1 radical (unpaired) electrons. The lowest BCUT2D eigenvalue weighted by Crippen LogP contribution is -2.60. The summed E-state index contributed by atoms with van der Waals surface area (Å²) in [7, 11) is 0. The highest BCUT2D eigenvalue weighted by Crippen LogP contribution is 2.32. The molecule has 1 fully saturated rings. The summed E-state index contributed by atoms with van der Waals surface area (Å²) < 4.78 is 5.82. The van der Waals surface area contributed by atoms with E-state index < -0.39 is 30.5 Å². The smallest absolute Gasteiger partial charge is 0.111 e. The zero-order valence-corrected chi connectivity index (χ0v) is 17.3. The van der Waals surface area contributed by atoms with Crippen LogP contribution in [0.1, 0.15) is 90.4 Å². The van der Waals surface area contributed by atoms with E-state index in [0.717, 1.165) is 38.5 Å². The van der Waals surface area contributed by atoms with Gasteiger partial charge in [0.15, 0.2) is 0 Å². The molecule has 5 nitrogen and oxygen atoms in total. The molecule has 1 rings (SSSR count). The zero-order chi connectivity index (χ0) is 20.1. The van der Waals surface area contributed by atoms with Gasteiger partial charge in [0.25, 0.3) is 0 Å². The number of unbranched alkanes of at least 4 members (excludes halogenated alkanes) is 9. The summed E-state index contributed by atoms with van der Waals surface area (Å²) in [6.45, 7) is 5.76. The first kappa shape index (κ1) is 24.8. The lowest BCUT2D eigenvalue weighted by atomic mass is 9.82. The van der Waals surface area contributed by atoms with Gasteiger partial charge in [-0.3, -0.25) is 0 Å². The van der Waals surface area contributed by atoms with Crippen molar-refractivity contribution in [2.45, 2.75) is 121 Å². The molecule has 161 valence electrons. The fourth-order valence-corrected chi connectivity index (χ4v) is 4.12. The summed E-state index contributed by atoms with van der Waals surface area (Å²) in [6, 6.07) is 0. The molecule has 0 aromatic rings. The highest BCUT2D eigenvalue weighted by Gasteiger charge is 2.45. The number of hydrogen-bond acceptors (Lipinski definition) is 5. The molecule has 1 heterocycles. The van der Waals surface area contributed by atoms with E-state index in [1.165, 1.54) is 44.9 Å². The molecule has 1 aliphatic heterocycles. The van der Waals surface area contributed by atoms with E-state index >= 15 is 0 Å². The SMILES string of the molecule is [CH2]CCCCC(CCCCCCCCCC)C1O[C@H](CO)[C@@H](O)[C@H](O)[C@H]1O. The topological polar surface area (TPSA) is 90.2 Å². The molecule has 4 N–H and O–H groups in total. The van der Waals surface area contributed by atoms with Crippen molar-refractivity contribution in [3.8, 4) is 0 Å². The summed E-state index contributed by atoms with van der Waals surface area (Å²) in [4.78, 5) is 0. The molecule has 6 atom stereocenters.